The second kappa shape index (κ2) is 13.6. The van der Waals surface area contributed by atoms with Crippen molar-refractivity contribution in [2.75, 3.05) is 0 Å². The number of rotatable bonds is 4. The minimum absolute atomic E-state index is 0.752. The number of hydrogen-bond donors (Lipinski definition) is 0. The molecule has 2 aliphatic rings. The maximum Gasteiger partial charge on any atom is 0.364 e. The fraction of sp³-hybridized carbons (Fsp3) is 0.148. The minimum Gasteiger partial charge on any atom is -0.454 e. The van der Waals surface area contributed by atoms with E-state index in [2.05, 4.69) is 232 Å². The quantitative estimate of drug-likeness (QED) is 0.128. The molecular formula is C61H51N3OSi+2. The Morgan fingerprint density at radius 3 is 1.95 bits per heavy atom. The van der Waals surface area contributed by atoms with Gasteiger partial charge in [0.05, 0.1) is 24.8 Å². The Bertz CT molecular complexity index is 3880. The van der Waals surface area contributed by atoms with Gasteiger partial charge in [-0.15, -0.1) is 9.13 Å². The summed E-state index contributed by atoms with van der Waals surface area (Å²) in [7, 11) is -1.81. The van der Waals surface area contributed by atoms with Gasteiger partial charge in [0.15, 0.2) is 22.8 Å². The first-order chi connectivity index (χ1) is 31.9. The van der Waals surface area contributed by atoms with Crippen LogP contribution in [-0.4, -0.2) is 12.6 Å². The average molecular weight is 870 g/mol. The number of fused-ring (bicyclic) bond motifs is 18. The highest BCUT2D eigenvalue weighted by molar-refractivity contribution is 6.89. The molecule has 0 amide bonds. The SMILES string of the molecule is Cc1ccc(-c2ccc3c(ccc4c5ccc6c(c5oc34)-c3n(-c4c(C)cc(-c5ccccc5)cc4C)c4ccccc4[n+]3C63c4cccc(C)c4-c4cc(C)c([Si](C)(C)C)c[n+]43)c2)cc1. The van der Waals surface area contributed by atoms with Gasteiger partial charge in [-0.3, -0.25) is 0 Å². The van der Waals surface area contributed by atoms with Crippen LogP contribution in [0.4, 0.5) is 0 Å². The van der Waals surface area contributed by atoms with Crippen LogP contribution in [0.25, 0.3) is 94.3 Å². The van der Waals surface area contributed by atoms with Gasteiger partial charge in [-0.2, -0.15) is 4.57 Å². The zero-order chi connectivity index (χ0) is 45.0. The zero-order valence-corrected chi connectivity index (χ0v) is 39.8. The Kier molecular flexibility index (Phi) is 8.05. The molecule has 1 unspecified atom stereocenters. The Labute approximate surface area is 386 Å². The van der Waals surface area contributed by atoms with Crippen LogP contribution in [0.3, 0.4) is 0 Å². The summed E-state index contributed by atoms with van der Waals surface area (Å²) in [6.07, 6.45) is 2.54. The van der Waals surface area contributed by atoms with E-state index in [4.69, 9.17) is 4.42 Å². The summed E-state index contributed by atoms with van der Waals surface area (Å²) in [6.45, 7) is 18.7. The molecule has 0 aliphatic carbocycles. The molecule has 4 nitrogen and oxygen atoms in total. The second-order valence-electron chi connectivity index (χ2n) is 20.1. The molecule has 8 aromatic carbocycles. The van der Waals surface area contributed by atoms with Gasteiger partial charge in [0.1, 0.15) is 16.8 Å². The van der Waals surface area contributed by atoms with E-state index in [1.165, 1.54) is 99.7 Å². The molecule has 0 radical (unpaired) electrons. The Morgan fingerprint density at radius 2 is 1.18 bits per heavy atom. The van der Waals surface area contributed by atoms with Crippen LogP contribution < -0.4 is 14.3 Å². The van der Waals surface area contributed by atoms with Crippen molar-refractivity contribution >= 4 is 57.0 Å². The van der Waals surface area contributed by atoms with Gasteiger partial charge < -0.3 is 4.42 Å². The van der Waals surface area contributed by atoms with Crippen molar-refractivity contribution in [2.24, 2.45) is 0 Å². The van der Waals surface area contributed by atoms with E-state index in [1.54, 1.807) is 0 Å². The molecule has 0 saturated heterocycles. The summed E-state index contributed by atoms with van der Waals surface area (Å²) in [5, 5.41) is 6.02. The number of hydrogen-bond acceptors (Lipinski definition) is 1. The predicted octanol–water partition coefficient (Wildman–Crippen LogP) is 13.9. The smallest absolute Gasteiger partial charge is 0.364 e. The molecule has 0 saturated carbocycles. The summed E-state index contributed by atoms with van der Waals surface area (Å²) < 4.78 is 15.4. The maximum absolute atomic E-state index is 7.52. The van der Waals surface area contributed by atoms with Gasteiger partial charge in [0, 0.05) is 27.4 Å². The van der Waals surface area contributed by atoms with E-state index in [0.29, 0.717) is 0 Å². The fourth-order valence-corrected chi connectivity index (χ4v) is 13.8. The van der Waals surface area contributed by atoms with Crippen LogP contribution in [0, 0.1) is 34.6 Å². The van der Waals surface area contributed by atoms with E-state index in [9.17, 15) is 0 Å². The number of pyridine rings is 1. The van der Waals surface area contributed by atoms with E-state index >= 15 is 0 Å². The lowest BCUT2D eigenvalue weighted by atomic mass is 9.87. The third-order valence-electron chi connectivity index (χ3n) is 14.9. The molecule has 1 spiro atoms. The number of benzene rings is 8. The summed E-state index contributed by atoms with van der Waals surface area (Å²) in [5.41, 5.74) is 22.1. The van der Waals surface area contributed by atoms with Crippen molar-refractivity contribution in [2.45, 2.75) is 59.9 Å². The maximum atomic E-state index is 7.52. The monoisotopic (exact) mass is 869 g/mol. The Balaban J connectivity index is 1.19. The van der Waals surface area contributed by atoms with Crippen LogP contribution in [0.5, 0.6) is 0 Å². The number of nitrogens with zero attached hydrogens (tertiary/aromatic N) is 3. The van der Waals surface area contributed by atoms with Gasteiger partial charge in [0.25, 0.3) is 0 Å². The van der Waals surface area contributed by atoms with E-state index in [0.717, 1.165) is 38.7 Å². The molecule has 2 aliphatic heterocycles. The number of furan rings is 1. The number of aromatic nitrogens is 3. The number of para-hydroxylation sites is 2. The molecule has 5 heterocycles. The highest BCUT2D eigenvalue weighted by Crippen LogP contribution is 2.53. The molecule has 3 aromatic heterocycles. The molecular weight excluding hydrogens is 819 g/mol. The van der Waals surface area contributed by atoms with Gasteiger partial charge in [0.2, 0.25) is 5.69 Å². The highest BCUT2D eigenvalue weighted by Gasteiger charge is 2.67. The summed E-state index contributed by atoms with van der Waals surface area (Å²) in [6, 6.07) is 59.0. The number of aryl methyl sites for hydroxylation is 5. The van der Waals surface area contributed by atoms with Crippen molar-refractivity contribution < 1.29 is 13.6 Å². The second-order valence-corrected chi connectivity index (χ2v) is 25.1. The van der Waals surface area contributed by atoms with Gasteiger partial charge in [-0.25, -0.2) is 0 Å². The Hall–Kier alpha value is -7.34. The highest BCUT2D eigenvalue weighted by atomic mass is 28.3. The predicted molar refractivity (Wildman–Crippen MR) is 275 cm³/mol. The van der Waals surface area contributed by atoms with Gasteiger partial charge >= 0.3 is 11.5 Å². The molecule has 318 valence electrons. The van der Waals surface area contributed by atoms with Crippen molar-refractivity contribution in [3.8, 4) is 50.6 Å². The van der Waals surface area contributed by atoms with Crippen LogP contribution in [-0.2, 0) is 5.66 Å². The standard InChI is InChI=1S/C61H51N3OSi/c1-36-21-23-42(24-22-36)43-25-27-46-44(34-43)26-28-47-48-29-30-50-56(59(48)65-58(46)47)60-63(57-39(4)31-45(32-40(57)5)41-16-10-9-11-17-41)51-19-12-13-20-52(51)64(60)61(50)49-18-14-15-37(2)55(49)53-33-38(3)54(35-62(53)61)66(6,7)8/h9-35H,1-8H3/q+2. The normalized spacial score (nSPS) is 15.0. The van der Waals surface area contributed by atoms with Crippen molar-refractivity contribution in [3.63, 3.8) is 0 Å². The molecule has 1 atom stereocenters. The van der Waals surface area contributed by atoms with Crippen molar-refractivity contribution in [1.82, 2.24) is 4.57 Å². The average Bonchev–Trinajstić information content (AvgIpc) is 4.02. The lowest BCUT2D eigenvalue weighted by molar-refractivity contribution is -0.944. The third-order valence-corrected chi connectivity index (χ3v) is 17.0. The van der Waals surface area contributed by atoms with E-state index < -0.39 is 13.7 Å². The molecule has 66 heavy (non-hydrogen) atoms. The molecule has 0 bridgehead atoms. The summed E-state index contributed by atoms with van der Waals surface area (Å²) >= 11 is 0. The Morgan fingerprint density at radius 1 is 0.515 bits per heavy atom. The van der Waals surface area contributed by atoms with E-state index in [1.807, 2.05) is 0 Å². The van der Waals surface area contributed by atoms with E-state index in [-0.39, 0.29) is 0 Å². The molecule has 11 aromatic rings. The lowest BCUT2D eigenvalue weighted by Gasteiger charge is -2.23. The molecule has 0 fully saturated rings. The van der Waals surface area contributed by atoms with Gasteiger partial charge in [-0.1, -0.05) is 116 Å². The first kappa shape index (κ1) is 39.1. The van der Waals surface area contributed by atoms with Crippen LogP contribution in [0.2, 0.25) is 19.6 Å². The summed E-state index contributed by atoms with van der Waals surface area (Å²) in [5.74, 6) is 1.13. The number of imidazole rings is 1. The topological polar surface area (TPSA) is 25.8 Å². The van der Waals surface area contributed by atoms with Gasteiger partial charge in [-0.05, 0) is 145 Å². The third kappa shape index (κ3) is 5.15. The molecule has 0 N–H and O–H groups in total. The van der Waals surface area contributed by atoms with Crippen molar-refractivity contribution in [3.05, 3.63) is 203 Å². The lowest BCUT2D eigenvalue weighted by Crippen LogP contribution is -2.72. The van der Waals surface area contributed by atoms with Crippen LogP contribution in [0.1, 0.15) is 38.9 Å². The minimum atomic E-state index is -1.81. The first-order valence-corrected chi connectivity index (χ1v) is 26.8. The molecule has 13 rings (SSSR count). The largest absolute Gasteiger partial charge is 0.454 e. The molecule has 5 heteroatoms. The first-order valence-electron chi connectivity index (χ1n) is 23.3. The zero-order valence-electron chi connectivity index (χ0n) is 38.8. The fourth-order valence-electron chi connectivity index (χ4n) is 12.1. The van der Waals surface area contributed by atoms with Crippen molar-refractivity contribution in [1.29, 1.82) is 0 Å². The van der Waals surface area contributed by atoms with Crippen LogP contribution >= 0.6 is 0 Å². The summed E-state index contributed by atoms with van der Waals surface area (Å²) in [4.78, 5) is 0. The van der Waals surface area contributed by atoms with Crippen LogP contribution in [0.15, 0.2) is 168 Å².